The molecule has 0 aromatic heterocycles. The predicted octanol–water partition coefficient (Wildman–Crippen LogP) is 3.51. The van der Waals surface area contributed by atoms with E-state index in [2.05, 4.69) is 6.92 Å². The zero-order valence-corrected chi connectivity index (χ0v) is 19.0. The van der Waals surface area contributed by atoms with E-state index in [1.807, 2.05) is 0 Å². The van der Waals surface area contributed by atoms with Gasteiger partial charge in [-0.25, -0.2) is 0 Å². The first-order valence-corrected chi connectivity index (χ1v) is 12.1. The molecule has 0 aliphatic carbocycles. The number of unbranched alkanes of at least 4 members (excludes halogenated alkanes) is 14. The van der Waals surface area contributed by atoms with Crippen molar-refractivity contribution in [2.75, 3.05) is 5.75 Å². The van der Waals surface area contributed by atoms with E-state index in [0.29, 0.717) is 16.5 Å². The third-order valence-electron chi connectivity index (χ3n) is 3.98. The quantitative estimate of drug-likeness (QED) is 0.183. The fraction of sp³-hybridized carbons (Fsp3) is 1.00. The Hall–Kier alpha value is 1.26. The van der Waals surface area contributed by atoms with Crippen molar-refractivity contribution < 1.29 is 44.0 Å². The molecule has 0 spiro atoms. The van der Waals surface area contributed by atoms with E-state index < -0.39 is 9.15 Å². The van der Waals surface area contributed by atoms with Crippen LogP contribution < -0.4 is 29.6 Å². The van der Waals surface area contributed by atoms with Crippen LogP contribution in [0.4, 0.5) is 0 Å². The summed E-state index contributed by atoms with van der Waals surface area (Å²) in [6, 6.07) is 0. The van der Waals surface area contributed by atoms with E-state index >= 15 is 0 Å². The van der Waals surface area contributed by atoms with Crippen LogP contribution >= 0.6 is 10.8 Å². The van der Waals surface area contributed by atoms with Gasteiger partial charge < -0.3 is 1.43 Å². The third-order valence-corrected chi connectivity index (χ3v) is 6.13. The standard InChI is InChI=1S/C17H36O3S2.Na.H/c1-2-3-4-5-6-7-8-9-10-11-12-13-14-15-16-17-21-22(18,19)20;;/h2-17H2,1H3,(H,18,19,20);;/q;+1;-1. The van der Waals surface area contributed by atoms with Crippen molar-refractivity contribution in [2.45, 2.75) is 103 Å². The Balaban J connectivity index is -0.00000220. The zero-order chi connectivity index (χ0) is 16.5. The molecule has 0 rings (SSSR count). The maximum atomic E-state index is 10.5. The van der Waals surface area contributed by atoms with Crippen molar-refractivity contribution >= 4 is 19.9 Å². The molecule has 0 radical (unpaired) electrons. The molecule has 0 amide bonds. The second-order valence-corrected chi connectivity index (χ2v) is 9.67. The minimum Gasteiger partial charge on any atom is -1.00 e. The van der Waals surface area contributed by atoms with E-state index in [9.17, 15) is 8.42 Å². The van der Waals surface area contributed by atoms with Gasteiger partial charge in [-0.2, -0.15) is 8.42 Å². The van der Waals surface area contributed by atoms with Crippen molar-refractivity contribution in [3.8, 4) is 0 Å². The van der Waals surface area contributed by atoms with Gasteiger partial charge in [0.05, 0.1) is 0 Å². The van der Waals surface area contributed by atoms with Crippen LogP contribution in [0, 0.1) is 0 Å². The topological polar surface area (TPSA) is 54.4 Å². The molecular formula is C17H37NaO3S2. The Bertz CT molecular complexity index is 328. The molecule has 1 N–H and O–H groups in total. The minimum absolute atomic E-state index is 0. The number of rotatable bonds is 17. The maximum absolute atomic E-state index is 10.5. The van der Waals surface area contributed by atoms with Gasteiger partial charge >= 0.3 is 38.7 Å². The maximum Gasteiger partial charge on any atom is 1.00 e. The molecule has 0 saturated carbocycles. The summed E-state index contributed by atoms with van der Waals surface area (Å²) in [7, 11) is -3.18. The van der Waals surface area contributed by atoms with E-state index in [1.165, 1.54) is 83.5 Å². The van der Waals surface area contributed by atoms with Gasteiger partial charge in [0.25, 0.3) is 0 Å². The van der Waals surface area contributed by atoms with Crippen LogP contribution in [0.1, 0.15) is 105 Å². The van der Waals surface area contributed by atoms with Crippen LogP contribution in [0.25, 0.3) is 0 Å². The molecule has 0 aromatic rings. The van der Waals surface area contributed by atoms with Crippen LogP contribution in [-0.2, 0) is 9.15 Å². The smallest absolute Gasteiger partial charge is 1.00 e. The predicted molar refractivity (Wildman–Crippen MR) is 100 cm³/mol. The van der Waals surface area contributed by atoms with Gasteiger partial charge in [-0.05, 0) is 17.2 Å². The van der Waals surface area contributed by atoms with E-state index in [1.54, 1.807) is 0 Å². The molecule has 136 valence electrons. The second-order valence-electron chi connectivity index (χ2n) is 6.20. The summed E-state index contributed by atoms with van der Waals surface area (Å²) in [5.74, 6) is 0.511. The van der Waals surface area contributed by atoms with Gasteiger partial charge in [0, 0.05) is 5.75 Å². The zero-order valence-electron chi connectivity index (χ0n) is 16.4. The van der Waals surface area contributed by atoms with Crippen LogP contribution in [0.3, 0.4) is 0 Å². The van der Waals surface area contributed by atoms with Crippen LogP contribution in [0.2, 0.25) is 0 Å². The van der Waals surface area contributed by atoms with Gasteiger partial charge in [0.15, 0.2) is 0 Å². The Morgan fingerprint density at radius 2 is 1.00 bits per heavy atom. The van der Waals surface area contributed by atoms with Crippen LogP contribution in [0.5, 0.6) is 0 Å². The average Bonchev–Trinajstić information content (AvgIpc) is 2.45. The Kier molecular flexibility index (Phi) is 22.6. The normalized spacial score (nSPS) is 11.4. The molecule has 6 heteroatoms. The first-order valence-electron chi connectivity index (χ1n) is 9.18. The first-order chi connectivity index (χ1) is 10.6. The summed E-state index contributed by atoms with van der Waals surface area (Å²) in [5, 5.41) is 0. The van der Waals surface area contributed by atoms with Gasteiger partial charge in [-0.15, -0.1) is 0 Å². The molecule has 0 fully saturated rings. The largest absolute Gasteiger partial charge is 1.00 e. The summed E-state index contributed by atoms with van der Waals surface area (Å²) < 4.78 is 29.6. The molecule has 0 heterocycles. The molecule has 23 heavy (non-hydrogen) atoms. The van der Waals surface area contributed by atoms with Crippen molar-refractivity contribution in [1.82, 2.24) is 0 Å². The van der Waals surface area contributed by atoms with Gasteiger partial charge in [0.1, 0.15) is 0 Å². The third kappa shape index (κ3) is 25.6. The Morgan fingerprint density at radius 1 is 0.696 bits per heavy atom. The van der Waals surface area contributed by atoms with Gasteiger partial charge in [0.2, 0.25) is 0 Å². The van der Waals surface area contributed by atoms with Gasteiger partial charge in [-0.3, -0.25) is 4.55 Å². The molecule has 0 unspecified atom stereocenters. The monoisotopic (exact) mass is 376 g/mol. The summed E-state index contributed by atoms with van der Waals surface area (Å²) in [4.78, 5) is 0. The van der Waals surface area contributed by atoms with Crippen molar-refractivity contribution in [2.24, 2.45) is 0 Å². The summed E-state index contributed by atoms with van der Waals surface area (Å²) in [6.07, 6.45) is 19.6. The molecule has 0 aliphatic rings. The first kappa shape index (κ1) is 26.5. The summed E-state index contributed by atoms with van der Waals surface area (Å²) in [6.45, 7) is 2.26. The SMILES string of the molecule is CCCCCCCCCCCCCCCCCSS(=O)(=O)O.[H-].[Na+]. The number of hydrogen-bond acceptors (Lipinski definition) is 3. The fourth-order valence-corrected chi connectivity index (χ4v) is 4.16. The van der Waals surface area contributed by atoms with Crippen molar-refractivity contribution in [3.05, 3.63) is 0 Å². The summed E-state index contributed by atoms with van der Waals surface area (Å²) >= 11 is 0. The second kappa shape index (κ2) is 19.6. The molecule has 0 bridgehead atoms. The number of hydrogen-bond donors (Lipinski definition) is 1. The minimum atomic E-state index is -3.83. The Labute approximate surface area is 172 Å². The van der Waals surface area contributed by atoms with Crippen molar-refractivity contribution in [3.63, 3.8) is 0 Å². The average molecular weight is 377 g/mol. The van der Waals surface area contributed by atoms with E-state index in [0.717, 1.165) is 12.8 Å². The fourth-order valence-electron chi connectivity index (χ4n) is 2.64. The van der Waals surface area contributed by atoms with E-state index in [4.69, 9.17) is 4.55 Å². The Morgan fingerprint density at radius 3 is 1.30 bits per heavy atom. The van der Waals surface area contributed by atoms with Crippen LogP contribution in [-0.4, -0.2) is 18.7 Å². The molecule has 3 nitrogen and oxygen atoms in total. The van der Waals surface area contributed by atoms with Crippen molar-refractivity contribution in [1.29, 1.82) is 0 Å². The molecular weight excluding hydrogens is 339 g/mol. The molecule has 0 saturated heterocycles. The van der Waals surface area contributed by atoms with E-state index in [-0.39, 0.29) is 31.0 Å². The molecule has 0 atom stereocenters. The van der Waals surface area contributed by atoms with Crippen LogP contribution in [0.15, 0.2) is 0 Å². The summed E-state index contributed by atoms with van der Waals surface area (Å²) in [5.41, 5.74) is 0. The molecule has 0 aromatic carbocycles. The van der Waals surface area contributed by atoms with Gasteiger partial charge in [-0.1, -0.05) is 96.8 Å². The molecule has 0 aliphatic heterocycles.